The van der Waals surface area contributed by atoms with Crippen molar-refractivity contribution in [1.29, 1.82) is 0 Å². The summed E-state index contributed by atoms with van der Waals surface area (Å²) in [7, 11) is 0. The largest absolute Gasteiger partial charge is 0.417 e. The zero-order valence-corrected chi connectivity index (χ0v) is 15.3. The van der Waals surface area contributed by atoms with Crippen LogP contribution >= 0.6 is 11.6 Å². The summed E-state index contributed by atoms with van der Waals surface area (Å²) in [5.74, 6) is 0.608. The van der Waals surface area contributed by atoms with Crippen LogP contribution in [0.2, 0.25) is 5.02 Å². The highest BCUT2D eigenvalue weighted by Gasteiger charge is 2.33. The van der Waals surface area contributed by atoms with Crippen molar-refractivity contribution in [2.24, 2.45) is 5.92 Å². The third kappa shape index (κ3) is 4.68. The number of nitrogens with one attached hydrogen (secondary N) is 1. The van der Waals surface area contributed by atoms with Crippen molar-refractivity contribution in [2.45, 2.75) is 25.9 Å². The molecule has 1 aliphatic rings. The number of carbonyl (C=O) groups is 1. The molecule has 1 saturated heterocycles. The molecule has 0 radical (unpaired) electrons. The molecule has 9 heteroatoms. The molecule has 5 nitrogen and oxygen atoms in total. The lowest BCUT2D eigenvalue weighted by molar-refractivity contribution is -0.137. The minimum atomic E-state index is -4.61. The molecule has 1 aromatic carbocycles. The van der Waals surface area contributed by atoms with Crippen LogP contribution in [0.1, 0.15) is 35.8 Å². The Labute approximate surface area is 159 Å². The SMILES string of the molecule is CC1CCCN(c2cnc(C(=O)Nc3ccc(Cl)c(C(F)(F)F)c3)cn2)C1. The number of nitrogens with zero attached hydrogens (tertiary/aromatic N) is 3. The highest BCUT2D eigenvalue weighted by molar-refractivity contribution is 6.31. The van der Waals surface area contributed by atoms with E-state index in [9.17, 15) is 18.0 Å². The van der Waals surface area contributed by atoms with Crippen molar-refractivity contribution in [3.63, 3.8) is 0 Å². The molecule has 1 fully saturated rings. The van der Waals surface area contributed by atoms with Crippen molar-refractivity contribution in [3.05, 3.63) is 46.9 Å². The zero-order chi connectivity index (χ0) is 19.6. The van der Waals surface area contributed by atoms with Crippen LogP contribution in [0, 0.1) is 5.92 Å². The Balaban J connectivity index is 1.71. The monoisotopic (exact) mass is 398 g/mol. The van der Waals surface area contributed by atoms with Gasteiger partial charge in [-0.1, -0.05) is 18.5 Å². The minimum Gasteiger partial charge on any atom is -0.355 e. The molecule has 0 saturated carbocycles. The molecule has 1 unspecified atom stereocenters. The molecule has 144 valence electrons. The maximum absolute atomic E-state index is 12.9. The van der Waals surface area contributed by atoms with Crippen LogP contribution in [0.3, 0.4) is 0 Å². The van der Waals surface area contributed by atoms with E-state index in [-0.39, 0.29) is 11.4 Å². The Bertz CT molecular complexity index is 826. The summed E-state index contributed by atoms with van der Waals surface area (Å²) in [6, 6.07) is 3.18. The summed E-state index contributed by atoms with van der Waals surface area (Å²) in [6.45, 7) is 3.93. The van der Waals surface area contributed by atoms with Gasteiger partial charge in [-0.05, 0) is 37.0 Å². The maximum Gasteiger partial charge on any atom is 0.417 e. The number of alkyl halides is 3. The van der Waals surface area contributed by atoms with Crippen LogP contribution in [0.4, 0.5) is 24.7 Å². The lowest BCUT2D eigenvalue weighted by atomic mass is 10.0. The van der Waals surface area contributed by atoms with Crippen molar-refractivity contribution in [2.75, 3.05) is 23.3 Å². The van der Waals surface area contributed by atoms with Crippen LogP contribution < -0.4 is 10.2 Å². The van der Waals surface area contributed by atoms with E-state index in [0.29, 0.717) is 11.7 Å². The number of rotatable bonds is 3. The first kappa shape index (κ1) is 19.4. The van der Waals surface area contributed by atoms with E-state index < -0.39 is 22.7 Å². The second-order valence-electron chi connectivity index (χ2n) is 6.60. The summed E-state index contributed by atoms with van der Waals surface area (Å²) < 4.78 is 38.7. The number of benzene rings is 1. The van der Waals surface area contributed by atoms with Crippen molar-refractivity contribution in [3.8, 4) is 0 Å². The minimum absolute atomic E-state index is 0.0207. The number of hydrogen-bond acceptors (Lipinski definition) is 4. The van der Waals surface area contributed by atoms with Gasteiger partial charge < -0.3 is 10.2 Å². The Morgan fingerprint density at radius 2 is 2.07 bits per heavy atom. The Kier molecular flexibility index (Phi) is 5.55. The van der Waals surface area contributed by atoms with Gasteiger partial charge in [0.1, 0.15) is 11.5 Å². The number of amides is 1. The van der Waals surface area contributed by atoms with E-state index in [0.717, 1.165) is 31.6 Å². The van der Waals surface area contributed by atoms with Crippen LogP contribution in [0.5, 0.6) is 0 Å². The molecule has 2 heterocycles. The highest BCUT2D eigenvalue weighted by atomic mass is 35.5. The van der Waals surface area contributed by atoms with E-state index in [1.807, 2.05) is 0 Å². The molecule has 1 aromatic heterocycles. The molecule has 0 bridgehead atoms. The maximum atomic E-state index is 12.9. The molecule has 1 aliphatic heterocycles. The average Bonchev–Trinajstić information content (AvgIpc) is 2.62. The van der Waals surface area contributed by atoms with Gasteiger partial charge in [-0.2, -0.15) is 13.2 Å². The number of anilines is 2. The summed E-state index contributed by atoms with van der Waals surface area (Å²) in [5, 5.41) is 1.96. The van der Waals surface area contributed by atoms with E-state index in [4.69, 9.17) is 11.6 Å². The smallest absolute Gasteiger partial charge is 0.355 e. The first-order valence-corrected chi connectivity index (χ1v) is 8.87. The van der Waals surface area contributed by atoms with E-state index in [2.05, 4.69) is 27.1 Å². The Hall–Kier alpha value is -2.35. The van der Waals surface area contributed by atoms with Gasteiger partial charge in [0.25, 0.3) is 5.91 Å². The van der Waals surface area contributed by atoms with Gasteiger partial charge in [0.05, 0.1) is 23.0 Å². The van der Waals surface area contributed by atoms with Crippen molar-refractivity contribution in [1.82, 2.24) is 9.97 Å². The van der Waals surface area contributed by atoms with Gasteiger partial charge in [-0.3, -0.25) is 4.79 Å². The number of hydrogen-bond donors (Lipinski definition) is 1. The van der Waals surface area contributed by atoms with Crippen LogP contribution in [0.25, 0.3) is 0 Å². The van der Waals surface area contributed by atoms with Gasteiger partial charge in [-0.15, -0.1) is 0 Å². The third-order valence-electron chi connectivity index (χ3n) is 4.38. The summed E-state index contributed by atoms with van der Waals surface area (Å²) in [6.07, 6.45) is 0.472. The number of aromatic nitrogens is 2. The lowest BCUT2D eigenvalue weighted by Crippen LogP contribution is -2.35. The molecule has 0 spiro atoms. The van der Waals surface area contributed by atoms with Gasteiger partial charge in [0.2, 0.25) is 0 Å². The highest BCUT2D eigenvalue weighted by Crippen LogP contribution is 2.36. The molecule has 27 heavy (non-hydrogen) atoms. The summed E-state index contributed by atoms with van der Waals surface area (Å²) in [5.41, 5.74) is -1.01. The quantitative estimate of drug-likeness (QED) is 0.818. The average molecular weight is 399 g/mol. The standard InChI is InChI=1S/C18H18ClF3N4O/c1-11-3-2-6-26(10-11)16-9-23-15(8-24-16)17(27)25-12-4-5-14(19)13(7-12)18(20,21)22/h4-5,7-9,11H,2-3,6,10H2,1H3,(H,25,27). The fraction of sp³-hybridized carbons (Fsp3) is 0.389. The Morgan fingerprint density at radius 3 is 2.70 bits per heavy atom. The predicted octanol–water partition coefficient (Wildman–Crippen LogP) is 4.64. The van der Waals surface area contributed by atoms with Crippen molar-refractivity contribution >= 4 is 29.0 Å². The topological polar surface area (TPSA) is 58.1 Å². The van der Waals surface area contributed by atoms with Crippen molar-refractivity contribution < 1.29 is 18.0 Å². The molecule has 1 atom stereocenters. The summed E-state index contributed by atoms with van der Waals surface area (Å²) in [4.78, 5) is 22.7. The second kappa shape index (κ2) is 7.72. The van der Waals surface area contributed by atoms with Gasteiger partial charge in [0, 0.05) is 18.8 Å². The third-order valence-corrected chi connectivity index (χ3v) is 4.71. The van der Waals surface area contributed by atoms with E-state index in [1.165, 1.54) is 24.9 Å². The molecular weight excluding hydrogens is 381 g/mol. The molecule has 0 aliphatic carbocycles. The number of carbonyl (C=O) groups excluding carboxylic acids is 1. The number of piperidine rings is 1. The zero-order valence-electron chi connectivity index (χ0n) is 14.6. The van der Waals surface area contributed by atoms with Gasteiger partial charge >= 0.3 is 6.18 Å². The molecular formula is C18H18ClF3N4O. The second-order valence-corrected chi connectivity index (χ2v) is 7.01. The molecule has 1 amide bonds. The fourth-order valence-electron chi connectivity index (χ4n) is 3.01. The molecule has 1 N–H and O–H groups in total. The fourth-order valence-corrected chi connectivity index (χ4v) is 3.24. The van der Waals surface area contributed by atoms with Gasteiger partial charge in [0.15, 0.2) is 0 Å². The number of halogens is 4. The van der Waals surface area contributed by atoms with Gasteiger partial charge in [-0.25, -0.2) is 9.97 Å². The van der Waals surface area contributed by atoms with Crippen LogP contribution in [-0.2, 0) is 6.18 Å². The first-order chi connectivity index (χ1) is 12.7. The molecule has 3 rings (SSSR count). The van der Waals surface area contributed by atoms with Crippen LogP contribution in [-0.4, -0.2) is 29.0 Å². The Morgan fingerprint density at radius 1 is 1.30 bits per heavy atom. The van der Waals surface area contributed by atoms with E-state index in [1.54, 1.807) is 0 Å². The van der Waals surface area contributed by atoms with E-state index >= 15 is 0 Å². The normalized spacial score (nSPS) is 17.7. The first-order valence-electron chi connectivity index (χ1n) is 8.49. The van der Waals surface area contributed by atoms with Crippen LogP contribution in [0.15, 0.2) is 30.6 Å². The lowest BCUT2D eigenvalue weighted by Gasteiger charge is -2.31. The summed E-state index contributed by atoms with van der Waals surface area (Å²) >= 11 is 5.58. The molecule has 2 aromatic rings. The predicted molar refractivity (Wildman–Crippen MR) is 97.1 cm³/mol.